The minimum Gasteiger partial charge on any atom is -0.406 e. The molecule has 0 saturated carbocycles. The van der Waals surface area contributed by atoms with E-state index in [1.54, 1.807) is 30.3 Å². The van der Waals surface area contributed by atoms with Gasteiger partial charge in [-0.25, -0.2) is 13.1 Å². The molecule has 0 aliphatic rings. The third-order valence-electron chi connectivity index (χ3n) is 3.68. The smallest absolute Gasteiger partial charge is 0.406 e. The standard InChI is InChI=1S/C17H15F3N4O3S/c18-17(19,20)27-14-6-8-15(9-7-14)28(25,26)23-16(12-24-21-10-11-22-24)13-4-2-1-3-5-13/h1-11,16,23H,12H2/t16-/m1/s1. The molecule has 2 aromatic carbocycles. The van der Waals surface area contributed by atoms with Gasteiger partial charge in [-0.15, -0.1) is 13.2 Å². The van der Waals surface area contributed by atoms with Gasteiger partial charge in [0, 0.05) is 0 Å². The zero-order valence-corrected chi connectivity index (χ0v) is 15.1. The number of alkyl halides is 3. The summed E-state index contributed by atoms with van der Waals surface area (Å²) in [5, 5.41) is 7.96. The second-order valence-corrected chi connectivity index (χ2v) is 7.40. The molecule has 3 rings (SSSR count). The van der Waals surface area contributed by atoms with Crippen molar-refractivity contribution < 1.29 is 26.3 Å². The molecule has 0 bridgehead atoms. The first kappa shape index (κ1) is 19.8. The second kappa shape index (κ2) is 7.98. The first-order chi connectivity index (χ1) is 13.2. The van der Waals surface area contributed by atoms with E-state index in [9.17, 15) is 21.6 Å². The Hall–Kier alpha value is -2.92. The summed E-state index contributed by atoms with van der Waals surface area (Å²) in [5.41, 5.74) is 0.681. The molecule has 0 radical (unpaired) electrons. The average Bonchev–Trinajstić information content (AvgIpc) is 3.14. The van der Waals surface area contributed by atoms with E-state index in [1.165, 1.54) is 17.2 Å². The quantitative estimate of drug-likeness (QED) is 0.645. The lowest BCUT2D eigenvalue weighted by atomic mass is 10.1. The van der Waals surface area contributed by atoms with E-state index in [4.69, 9.17) is 0 Å². The van der Waals surface area contributed by atoms with E-state index in [0.29, 0.717) is 5.56 Å². The topological polar surface area (TPSA) is 86.1 Å². The van der Waals surface area contributed by atoms with Crippen LogP contribution >= 0.6 is 0 Å². The molecule has 148 valence electrons. The summed E-state index contributed by atoms with van der Waals surface area (Å²) >= 11 is 0. The Morgan fingerprint density at radius 2 is 1.61 bits per heavy atom. The van der Waals surface area contributed by atoms with Crippen molar-refractivity contribution in [3.05, 3.63) is 72.6 Å². The van der Waals surface area contributed by atoms with Crippen molar-refractivity contribution in [2.24, 2.45) is 0 Å². The number of aromatic nitrogens is 3. The molecule has 28 heavy (non-hydrogen) atoms. The number of hydrogen-bond acceptors (Lipinski definition) is 5. The van der Waals surface area contributed by atoms with Gasteiger partial charge in [0.25, 0.3) is 0 Å². The van der Waals surface area contributed by atoms with Crippen LogP contribution in [0.1, 0.15) is 11.6 Å². The van der Waals surface area contributed by atoms with Crippen molar-refractivity contribution in [1.29, 1.82) is 0 Å². The first-order valence-electron chi connectivity index (χ1n) is 8.00. The van der Waals surface area contributed by atoms with E-state index < -0.39 is 28.2 Å². The van der Waals surface area contributed by atoms with Gasteiger partial charge in [-0.3, -0.25) is 0 Å². The normalized spacial score (nSPS) is 13.2. The van der Waals surface area contributed by atoms with Crippen molar-refractivity contribution in [1.82, 2.24) is 19.7 Å². The predicted octanol–water partition coefficient (Wildman–Crippen LogP) is 2.90. The van der Waals surface area contributed by atoms with Gasteiger partial charge in [0.05, 0.1) is 29.9 Å². The highest BCUT2D eigenvalue weighted by atomic mass is 32.2. The van der Waals surface area contributed by atoms with Crippen LogP contribution < -0.4 is 9.46 Å². The summed E-state index contributed by atoms with van der Waals surface area (Å²) in [4.78, 5) is 1.14. The maximum Gasteiger partial charge on any atom is 0.573 e. The Labute approximate surface area is 158 Å². The molecule has 1 N–H and O–H groups in total. The monoisotopic (exact) mass is 412 g/mol. The average molecular weight is 412 g/mol. The van der Waals surface area contributed by atoms with Crippen LogP contribution in [-0.4, -0.2) is 29.8 Å². The summed E-state index contributed by atoms with van der Waals surface area (Å²) in [6, 6.07) is 12.1. The van der Waals surface area contributed by atoms with Crippen LogP contribution in [0, 0.1) is 0 Å². The molecule has 0 aliphatic heterocycles. The molecule has 1 heterocycles. The maximum atomic E-state index is 12.7. The van der Waals surface area contributed by atoms with Crippen molar-refractivity contribution in [2.75, 3.05) is 0 Å². The van der Waals surface area contributed by atoms with E-state index >= 15 is 0 Å². The molecule has 0 fully saturated rings. The van der Waals surface area contributed by atoms with Gasteiger partial charge >= 0.3 is 6.36 Å². The van der Waals surface area contributed by atoms with Gasteiger partial charge < -0.3 is 4.74 Å². The third kappa shape index (κ3) is 5.30. The Morgan fingerprint density at radius 3 is 2.18 bits per heavy atom. The Morgan fingerprint density at radius 1 is 1.00 bits per heavy atom. The van der Waals surface area contributed by atoms with Crippen molar-refractivity contribution >= 4 is 10.0 Å². The van der Waals surface area contributed by atoms with Gasteiger partial charge in [0.1, 0.15) is 5.75 Å². The third-order valence-corrected chi connectivity index (χ3v) is 5.17. The van der Waals surface area contributed by atoms with E-state index in [0.717, 1.165) is 24.3 Å². The molecule has 3 aromatic rings. The largest absolute Gasteiger partial charge is 0.573 e. The summed E-state index contributed by atoms with van der Waals surface area (Å²) in [7, 11) is -4.03. The maximum absolute atomic E-state index is 12.7. The molecule has 11 heteroatoms. The lowest BCUT2D eigenvalue weighted by Crippen LogP contribution is -2.32. The highest BCUT2D eigenvalue weighted by Crippen LogP contribution is 2.25. The summed E-state index contributed by atoms with van der Waals surface area (Å²) in [6.45, 7) is 0.130. The number of halogens is 3. The van der Waals surface area contributed by atoms with Gasteiger partial charge in [-0.1, -0.05) is 30.3 Å². The molecule has 0 spiro atoms. The number of nitrogens with one attached hydrogen (secondary N) is 1. The van der Waals surface area contributed by atoms with Gasteiger partial charge in [0.2, 0.25) is 10.0 Å². The summed E-state index contributed by atoms with van der Waals surface area (Å²) in [6.07, 6.45) is -1.92. The SMILES string of the molecule is O=S(=O)(N[C@H](Cn1nccn1)c1ccccc1)c1ccc(OC(F)(F)F)cc1. The van der Waals surface area contributed by atoms with Crippen LogP contribution in [0.4, 0.5) is 13.2 Å². The van der Waals surface area contributed by atoms with Crippen LogP contribution in [-0.2, 0) is 16.6 Å². The zero-order valence-electron chi connectivity index (χ0n) is 14.2. The van der Waals surface area contributed by atoms with E-state index in [-0.39, 0.29) is 11.4 Å². The minimum atomic E-state index is -4.85. The summed E-state index contributed by atoms with van der Waals surface area (Å²) in [5.74, 6) is -0.508. The molecule has 0 amide bonds. The van der Waals surface area contributed by atoms with Crippen molar-refractivity contribution in [3.63, 3.8) is 0 Å². The number of benzene rings is 2. The minimum absolute atomic E-state index is 0.130. The summed E-state index contributed by atoms with van der Waals surface area (Å²) < 4.78 is 68.5. The van der Waals surface area contributed by atoms with Crippen LogP contribution in [0.3, 0.4) is 0 Å². The highest BCUT2D eigenvalue weighted by molar-refractivity contribution is 7.89. The fraction of sp³-hybridized carbons (Fsp3) is 0.176. The Balaban J connectivity index is 1.82. The molecule has 1 atom stereocenters. The molecule has 1 aromatic heterocycles. The fourth-order valence-electron chi connectivity index (χ4n) is 2.47. The first-order valence-corrected chi connectivity index (χ1v) is 9.48. The van der Waals surface area contributed by atoms with Crippen LogP contribution in [0.5, 0.6) is 5.75 Å². The van der Waals surface area contributed by atoms with Crippen LogP contribution in [0.15, 0.2) is 71.9 Å². The van der Waals surface area contributed by atoms with Crippen molar-refractivity contribution in [2.45, 2.75) is 23.8 Å². The highest BCUT2D eigenvalue weighted by Gasteiger charge is 2.31. The number of nitrogens with zero attached hydrogens (tertiary/aromatic N) is 3. The molecule has 0 aliphatic carbocycles. The lowest BCUT2D eigenvalue weighted by Gasteiger charge is -2.19. The lowest BCUT2D eigenvalue weighted by molar-refractivity contribution is -0.274. The molecular formula is C17H15F3N4O3S. The van der Waals surface area contributed by atoms with E-state index in [1.807, 2.05) is 0 Å². The number of sulfonamides is 1. The number of rotatable bonds is 7. The molecule has 0 unspecified atom stereocenters. The number of ether oxygens (including phenoxy) is 1. The Kier molecular flexibility index (Phi) is 5.66. The van der Waals surface area contributed by atoms with Gasteiger partial charge in [-0.05, 0) is 29.8 Å². The van der Waals surface area contributed by atoms with Crippen molar-refractivity contribution in [3.8, 4) is 5.75 Å². The molecular weight excluding hydrogens is 397 g/mol. The molecule has 7 nitrogen and oxygen atoms in total. The fourth-order valence-corrected chi connectivity index (χ4v) is 3.69. The van der Waals surface area contributed by atoms with Crippen LogP contribution in [0.2, 0.25) is 0 Å². The van der Waals surface area contributed by atoms with Gasteiger partial charge in [-0.2, -0.15) is 15.0 Å². The van der Waals surface area contributed by atoms with E-state index in [2.05, 4.69) is 19.7 Å². The molecule has 0 saturated heterocycles. The predicted molar refractivity (Wildman–Crippen MR) is 92.7 cm³/mol. The van der Waals surface area contributed by atoms with Crippen LogP contribution in [0.25, 0.3) is 0 Å². The Bertz CT molecular complexity index is 992. The zero-order chi connectivity index (χ0) is 20.2. The number of hydrogen-bond donors (Lipinski definition) is 1. The second-order valence-electron chi connectivity index (χ2n) is 5.69. The van der Waals surface area contributed by atoms with Gasteiger partial charge in [0.15, 0.2) is 0 Å².